The Balaban J connectivity index is 2.70. The predicted molar refractivity (Wildman–Crippen MR) is 52.0 cm³/mol. The monoisotopic (exact) mass is 211 g/mol. The molecule has 15 heavy (non-hydrogen) atoms. The zero-order valence-electron chi connectivity index (χ0n) is 8.73. The molecule has 0 N–H and O–H groups in total. The van der Waals surface area contributed by atoms with E-state index in [1.165, 1.54) is 13.1 Å². The molecule has 1 rings (SSSR count). The molecule has 0 unspecified atom stereocenters. The lowest BCUT2D eigenvalue weighted by atomic mass is 10.3. The highest BCUT2D eigenvalue weighted by Gasteiger charge is 2.08. The van der Waals surface area contributed by atoms with E-state index in [9.17, 15) is 10.0 Å². The van der Waals surface area contributed by atoms with Crippen LogP contribution >= 0.6 is 0 Å². The van der Waals surface area contributed by atoms with Crippen LogP contribution in [0.5, 0.6) is 5.75 Å². The van der Waals surface area contributed by atoms with Gasteiger partial charge in [0.2, 0.25) is 11.9 Å². The first kappa shape index (κ1) is 11.3. The van der Waals surface area contributed by atoms with Crippen molar-refractivity contribution in [1.82, 2.24) is 0 Å². The highest BCUT2D eigenvalue weighted by atomic mass is 16.5. The molecule has 0 aliphatic rings. The largest absolute Gasteiger partial charge is 0.618 e. The van der Waals surface area contributed by atoms with Crippen LogP contribution in [-0.4, -0.2) is 12.6 Å². The van der Waals surface area contributed by atoms with E-state index in [1.54, 1.807) is 12.1 Å². The van der Waals surface area contributed by atoms with Crippen LogP contribution in [0.4, 0.5) is 0 Å². The van der Waals surface area contributed by atoms with Crippen molar-refractivity contribution in [3.05, 3.63) is 29.2 Å². The highest BCUT2D eigenvalue weighted by molar-refractivity contribution is 5.65. The molecule has 0 amide bonds. The third-order valence-electron chi connectivity index (χ3n) is 1.70. The average Bonchev–Trinajstić information content (AvgIpc) is 2.17. The molecule has 0 spiro atoms. The Hall–Kier alpha value is -1.78. The van der Waals surface area contributed by atoms with Crippen LogP contribution in [-0.2, 0) is 16.1 Å². The fraction of sp³-hybridized carbons (Fsp3) is 0.400. The summed E-state index contributed by atoms with van der Waals surface area (Å²) < 4.78 is 10.5. The molecule has 5 nitrogen and oxygen atoms in total. The van der Waals surface area contributed by atoms with E-state index >= 15 is 0 Å². The Bertz CT molecular complexity index is 351. The van der Waals surface area contributed by atoms with Gasteiger partial charge in [-0.25, -0.2) is 0 Å². The first-order chi connectivity index (χ1) is 7.13. The van der Waals surface area contributed by atoms with Gasteiger partial charge in [0.05, 0.1) is 6.61 Å². The minimum absolute atomic E-state index is 0.0226. The lowest BCUT2D eigenvalue weighted by Gasteiger charge is -2.06. The van der Waals surface area contributed by atoms with Gasteiger partial charge in [-0.2, -0.15) is 4.73 Å². The van der Waals surface area contributed by atoms with E-state index in [1.807, 2.05) is 6.92 Å². The quantitative estimate of drug-likeness (QED) is 0.419. The first-order valence-electron chi connectivity index (χ1n) is 4.61. The number of aromatic nitrogens is 1. The molecule has 0 aliphatic carbocycles. The molecule has 1 heterocycles. The number of carbonyl (C=O) groups excluding carboxylic acids is 1. The van der Waals surface area contributed by atoms with Gasteiger partial charge in [0, 0.05) is 13.0 Å². The fourth-order valence-electron chi connectivity index (χ4n) is 1.03. The van der Waals surface area contributed by atoms with Gasteiger partial charge in [0.15, 0.2) is 12.4 Å². The van der Waals surface area contributed by atoms with Gasteiger partial charge in [-0.1, -0.05) is 0 Å². The van der Waals surface area contributed by atoms with Crippen molar-refractivity contribution in [3.8, 4) is 5.75 Å². The highest BCUT2D eigenvalue weighted by Crippen LogP contribution is 2.07. The maximum absolute atomic E-state index is 11.4. The Labute approximate surface area is 87.8 Å². The summed E-state index contributed by atoms with van der Waals surface area (Å²) in [4.78, 5) is 10.5. The minimum Gasteiger partial charge on any atom is -0.618 e. The summed E-state index contributed by atoms with van der Waals surface area (Å²) in [5.41, 5.74) is 0.369. The van der Waals surface area contributed by atoms with Crippen molar-refractivity contribution in [3.63, 3.8) is 0 Å². The van der Waals surface area contributed by atoms with Gasteiger partial charge in [0.1, 0.15) is 0 Å². The molecular formula is C10H13NO4. The van der Waals surface area contributed by atoms with Crippen LogP contribution < -0.4 is 9.47 Å². The number of ether oxygens (including phenoxy) is 2. The van der Waals surface area contributed by atoms with Crippen molar-refractivity contribution in [2.75, 3.05) is 6.61 Å². The molecule has 5 heteroatoms. The maximum atomic E-state index is 11.4. The second kappa shape index (κ2) is 5.19. The summed E-state index contributed by atoms with van der Waals surface area (Å²) in [6.45, 7) is 3.61. The van der Waals surface area contributed by atoms with E-state index in [2.05, 4.69) is 0 Å². The third kappa shape index (κ3) is 3.46. The molecule has 0 radical (unpaired) electrons. The van der Waals surface area contributed by atoms with Gasteiger partial charge < -0.3 is 14.7 Å². The molecule has 1 aromatic heterocycles. The summed E-state index contributed by atoms with van der Waals surface area (Å²) in [6, 6.07) is 3.23. The molecule has 82 valence electrons. The number of rotatable bonds is 4. The SMILES string of the molecule is CCOc1ccc(COC(C)=O)[n+]([O-])c1. The van der Waals surface area contributed by atoms with E-state index in [-0.39, 0.29) is 6.61 Å². The summed E-state index contributed by atoms with van der Waals surface area (Å²) in [7, 11) is 0. The Morgan fingerprint density at radius 1 is 1.53 bits per heavy atom. The molecule has 1 aromatic rings. The fourth-order valence-corrected chi connectivity index (χ4v) is 1.03. The van der Waals surface area contributed by atoms with Crippen molar-refractivity contribution in [1.29, 1.82) is 0 Å². The van der Waals surface area contributed by atoms with Crippen LogP contribution in [0.25, 0.3) is 0 Å². The van der Waals surface area contributed by atoms with Crippen LogP contribution in [0.2, 0.25) is 0 Å². The standard InChI is InChI=1S/C10H13NO4/c1-3-14-10-5-4-9(11(13)6-10)7-15-8(2)12/h4-6H,3,7H2,1-2H3. The van der Waals surface area contributed by atoms with E-state index in [0.29, 0.717) is 22.8 Å². The minimum atomic E-state index is -0.413. The molecule has 0 saturated heterocycles. The second-order valence-electron chi connectivity index (χ2n) is 2.90. The Morgan fingerprint density at radius 2 is 2.27 bits per heavy atom. The van der Waals surface area contributed by atoms with Gasteiger partial charge in [-0.3, -0.25) is 4.79 Å². The van der Waals surface area contributed by atoms with Crippen molar-refractivity contribution in [2.45, 2.75) is 20.5 Å². The molecular weight excluding hydrogens is 198 g/mol. The molecule has 0 atom stereocenters. The summed E-state index contributed by atoms with van der Waals surface area (Å²) in [6.07, 6.45) is 1.31. The normalized spacial score (nSPS) is 9.73. The van der Waals surface area contributed by atoms with E-state index in [0.717, 1.165) is 0 Å². The van der Waals surface area contributed by atoms with Gasteiger partial charge >= 0.3 is 5.97 Å². The lowest BCUT2D eigenvalue weighted by Crippen LogP contribution is -2.32. The van der Waals surface area contributed by atoms with Crippen molar-refractivity contribution >= 4 is 5.97 Å². The zero-order chi connectivity index (χ0) is 11.3. The lowest BCUT2D eigenvalue weighted by molar-refractivity contribution is -0.616. The van der Waals surface area contributed by atoms with Gasteiger partial charge in [0.25, 0.3) is 0 Å². The molecule has 0 bridgehead atoms. The zero-order valence-corrected chi connectivity index (χ0v) is 8.73. The van der Waals surface area contributed by atoms with E-state index < -0.39 is 5.97 Å². The number of nitrogens with zero attached hydrogens (tertiary/aromatic N) is 1. The summed E-state index contributed by atoms with van der Waals surface area (Å²) in [5, 5.41) is 11.4. The number of esters is 1. The number of hydrogen-bond acceptors (Lipinski definition) is 4. The van der Waals surface area contributed by atoms with Crippen LogP contribution in [0.1, 0.15) is 19.5 Å². The second-order valence-corrected chi connectivity index (χ2v) is 2.90. The molecule has 0 saturated carbocycles. The third-order valence-corrected chi connectivity index (χ3v) is 1.70. The smallest absolute Gasteiger partial charge is 0.303 e. The van der Waals surface area contributed by atoms with Gasteiger partial charge in [-0.05, 0) is 13.0 Å². The van der Waals surface area contributed by atoms with Crippen LogP contribution in [0.3, 0.4) is 0 Å². The van der Waals surface area contributed by atoms with Crippen molar-refractivity contribution < 1.29 is 19.0 Å². The Morgan fingerprint density at radius 3 is 2.80 bits per heavy atom. The Kier molecular flexibility index (Phi) is 3.91. The van der Waals surface area contributed by atoms with Gasteiger partial charge in [-0.15, -0.1) is 0 Å². The summed E-state index contributed by atoms with van der Waals surface area (Å²) in [5.74, 6) is 0.0861. The summed E-state index contributed by atoms with van der Waals surface area (Å²) >= 11 is 0. The number of hydrogen-bond donors (Lipinski definition) is 0. The first-order valence-corrected chi connectivity index (χ1v) is 4.61. The van der Waals surface area contributed by atoms with Crippen molar-refractivity contribution in [2.24, 2.45) is 0 Å². The maximum Gasteiger partial charge on any atom is 0.303 e. The average molecular weight is 211 g/mol. The predicted octanol–water partition coefficient (Wildman–Crippen LogP) is 0.782. The number of pyridine rings is 1. The molecule has 0 aliphatic heterocycles. The number of carbonyl (C=O) groups is 1. The van der Waals surface area contributed by atoms with Crippen LogP contribution in [0.15, 0.2) is 18.3 Å². The van der Waals surface area contributed by atoms with Crippen LogP contribution in [0, 0.1) is 5.21 Å². The van der Waals surface area contributed by atoms with E-state index in [4.69, 9.17) is 9.47 Å². The molecule has 0 aromatic carbocycles. The molecule has 0 fully saturated rings. The topological polar surface area (TPSA) is 62.5 Å².